The zero-order chi connectivity index (χ0) is 15.6. The number of hydrogen-bond donors (Lipinski definition) is 2. The summed E-state index contributed by atoms with van der Waals surface area (Å²) in [5.41, 5.74) is 3.19. The standard InChI is InChI=1S/C17H23N3O2/c1-14(20-21)4-2-5-15-7-9-17(10-8-15)22-11-3-6-16-12-18-13-19-16/h7-10,12-13,21H,2-6,11H2,1H3,(H,18,19). The summed E-state index contributed by atoms with van der Waals surface area (Å²) in [6.07, 6.45) is 8.24. The van der Waals surface area contributed by atoms with Crippen molar-refractivity contribution < 1.29 is 9.94 Å². The molecule has 0 amide bonds. The average molecular weight is 301 g/mol. The van der Waals surface area contributed by atoms with Crippen LogP contribution in [0.15, 0.2) is 41.9 Å². The van der Waals surface area contributed by atoms with Gasteiger partial charge in [-0.1, -0.05) is 17.3 Å². The Labute approximate surface area is 131 Å². The predicted molar refractivity (Wildman–Crippen MR) is 86.7 cm³/mol. The monoisotopic (exact) mass is 301 g/mol. The number of nitrogens with zero attached hydrogens (tertiary/aromatic N) is 2. The number of ether oxygens (including phenoxy) is 1. The third kappa shape index (κ3) is 5.60. The fourth-order valence-electron chi connectivity index (χ4n) is 2.22. The van der Waals surface area contributed by atoms with Crippen molar-refractivity contribution in [2.24, 2.45) is 5.16 Å². The van der Waals surface area contributed by atoms with Crippen molar-refractivity contribution in [3.63, 3.8) is 0 Å². The van der Waals surface area contributed by atoms with Gasteiger partial charge in [-0.2, -0.15) is 0 Å². The highest BCUT2D eigenvalue weighted by Gasteiger charge is 1.99. The quantitative estimate of drug-likeness (QED) is 0.322. The second-order valence-corrected chi connectivity index (χ2v) is 5.36. The van der Waals surface area contributed by atoms with Gasteiger partial charge in [0, 0.05) is 11.9 Å². The number of nitrogens with one attached hydrogen (secondary N) is 1. The highest BCUT2D eigenvalue weighted by Crippen LogP contribution is 2.14. The van der Waals surface area contributed by atoms with Gasteiger partial charge in [-0.05, 0) is 56.7 Å². The molecule has 0 saturated heterocycles. The van der Waals surface area contributed by atoms with Gasteiger partial charge in [-0.15, -0.1) is 0 Å². The first kappa shape index (κ1) is 16.1. The molecule has 5 nitrogen and oxygen atoms in total. The summed E-state index contributed by atoms with van der Waals surface area (Å²) in [4.78, 5) is 7.08. The third-order valence-corrected chi connectivity index (χ3v) is 3.51. The largest absolute Gasteiger partial charge is 0.494 e. The van der Waals surface area contributed by atoms with Crippen LogP contribution >= 0.6 is 0 Å². The van der Waals surface area contributed by atoms with Crippen LogP contribution in [-0.4, -0.2) is 27.5 Å². The van der Waals surface area contributed by atoms with Gasteiger partial charge >= 0.3 is 0 Å². The van der Waals surface area contributed by atoms with E-state index in [0.717, 1.165) is 49.3 Å². The minimum absolute atomic E-state index is 0.699. The number of benzene rings is 1. The van der Waals surface area contributed by atoms with Crippen LogP contribution in [0.25, 0.3) is 0 Å². The molecule has 0 saturated carbocycles. The Bertz CT molecular complexity index is 562. The van der Waals surface area contributed by atoms with Gasteiger partial charge in [-0.25, -0.2) is 4.98 Å². The number of aryl methyl sites for hydroxylation is 2. The second-order valence-electron chi connectivity index (χ2n) is 5.36. The van der Waals surface area contributed by atoms with E-state index >= 15 is 0 Å². The van der Waals surface area contributed by atoms with Crippen LogP contribution in [0.3, 0.4) is 0 Å². The summed E-state index contributed by atoms with van der Waals surface area (Å²) in [5, 5.41) is 11.8. The molecule has 0 aliphatic rings. The lowest BCUT2D eigenvalue weighted by Gasteiger charge is -2.07. The van der Waals surface area contributed by atoms with Gasteiger partial charge in [0.1, 0.15) is 5.75 Å². The Morgan fingerprint density at radius 3 is 2.73 bits per heavy atom. The lowest BCUT2D eigenvalue weighted by Crippen LogP contribution is -2.00. The van der Waals surface area contributed by atoms with Crippen LogP contribution in [0.1, 0.15) is 37.4 Å². The minimum Gasteiger partial charge on any atom is -0.494 e. The first-order valence-electron chi connectivity index (χ1n) is 7.64. The normalized spacial score (nSPS) is 11.6. The fraction of sp³-hybridized carbons (Fsp3) is 0.412. The molecule has 0 aliphatic heterocycles. The number of imidazole rings is 1. The summed E-state index contributed by atoms with van der Waals surface area (Å²) in [5.74, 6) is 0.904. The Kier molecular flexibility index (Phi) is 6.48. The molecule has 1 heterocycles. The van der Waals surface area contributed by atoms with E-state index in [4.69, 9.17) is 9.94 Å². The summed E-state index contributed by atoms with van der Waals surface area (Å²) >= 11 is 0. The van der Waals surface area contributed by atoms with Crippen LogP contribution in [0, 0.1) is 0 Å². The first-order chi connectivity index (χ1) is 10.8. The first-order valence-corrected chi connectivity index (χ1v) is 7.64. The maximum atomic E-state index is 8.60. The van der Waals surface area contributed by atoms with E-state index in [-0.39, 0.29) is 0 Å². The molecule has 22 heavy (non-hydrogen) atoms. The van der Waals surface area contributed by atoms with Crippen LogP contribution in [-0.2, 0) is 12.8 Å². The summed E-state index contributed by atoms with van der Waals surface area (Å²) in [6, 6.07) is 8.21. The molecule has 0 radical (unpaired) electrons. The third-order valence-electron chi connectivity index (χ3n) is 3.51. The van der Waals surface area contributed by atoms with E-state index < -0.39 is 0 Å². The molecule has 0 aliphatic carbocycles. The van der Waals surface area contributed by atoms with E-state index in [1.165, 1.54) is 5.56 Å². The highest BCUT2D eigenvalue weighted by atomic mass is 16.5. The minimum atomic E-state index is 0.699. The summed E-state index contributed by atoms with van der Waals surface area (Å²) in [7, 11) is 0. The number of H-pyrrole nitrogens is 1. The van der Waals surface area contributed by atoms with Crippen LogP contribution < -0.4 is 4.74 Å². The lowest BCUT2D eigenvalue weighted by molar-refractivity contribution is 0.310. The molecule has 2 aromatic rings. The van der Waals surface area contributed by atoms with E-state index in [0.29, 0.717) is 6.61 Å². The van der Waals surface area contributed by atoms with Gasteiger partial charge in [0.25, 0.3) is 0 Å². The Morgan fingerprint density at radius 2 is 2.05 bits per heavy atom. The number of oxime groups is 1. The molecule has 2 rings (SSSR count). The van der Waals surface area contributed by atoms with Gasteiger partial charge in [-0.3, -0.25) is 0 Å². The van der Waals surface area contributed by atoms with Crippen molar-refractivity contribution in [1.82, 2.24) is 9.97 Å². The maximum absolute atomic E-state index is 8.60. The van der Waals surface area contributed by atoms with Crippen molar-refractivity contribution >= 4 is 5.71 Å². The van der Waals surface area contributed by atoms with Crippen molar-refractivity contribution in [1.29, 1.82) is 0 Å². The fourth-order valence-corrected chi connectivity index (χ4v) is 2.22. The Morgan fingerprint density at radius 1 is 1.23 bits per heavy atom. The van der Waals surface area contributed by atoms with Gasteiger partial charge < -0.3 is 14.9 Å². The van der Waals surface area contributed by atoms with Crippen molar-refractivity contribution in [2.45, 2.75) is 39.0 Å². The molecule has 118 valence electrons. The average Bonchev–Trinajstić information content (AvgIpc) is 3.06. The molecule has 2 N–H and O–H groups in total. The topological polar surface area (TPSA) is 70.5 Å². The maximum Gasteiger partial charge on any atom is 0.119 e. The van der Waals surface area contributed by atoms with E-state index in [1.807, 2.05) is 25.3 Å². The molecule has 1 aromatic carbocycles. The van der Waals surface area contributed by atoms with Crippen LogP contribution in [0.2, 0.25) is 0 Å². The number of hydrogen-bond acceptors (Lipinski definition) is 4. The smallest absolute Gasteiger partial charge is 0.119 e. The summed E-state index contributed by atoms with van der Waals surface area (Å²) in [6.45, 7) is 2.53. The molecular weight excluding hydrogens is 278 g/mol. The van der Waals surface area contributed by atoms with Crippen molar-refractivity contribution in [3.8, 4) is 5.75 Å². The van der Waals surface area contributed by atoms with E-state index in [9.17, 15) is 0 Å². The Hall–Kier alpha value is -2.30. The predicted octanol–water partition coefficient (Wildman–Crippen LogP) is 3.59. The van der Waals surface area contributed by atoms with Gasteiger partial charge in [0.2, 0.25) is 0 Å². The molecule has 0 fully saturated rings. The molecule has 1 aromatic heterocycles. The molecular formula is C17H23N3O2. The zero-order valence-electron chi connectivity index (χ0n) is 13.0. The van der Waals surface area contributed by atoms with Crippen molar-refractivity contribution in [2.75, 3.05) is 6.61 Å². The molecule has 0 atom stereocenters. The number of rotatable bonds is 9. The van der Waals surface area contributed by atoms with Crippen LogP contribution in [0.5, 0.6) is 5.75 Å². The number of aromatic amines is 1. The van der Waals surface area contributed by atoms with Gasteiger partial charge in [0.05, 0.1) is 18.6 Å². The molecule has 5 heteroatoms. The van der Waals surface area contributed by atoms with E-state index in [1.54, 1.807) is 6.33 Å². The molecule has 0 spiro atoms. The zero-order valence-corrected chi connectivity index (χ0v) is 13.0. The van der Waals surface area contributed by atoms with Crippen molar-refractivity contribution in [3.05, 3.63) is 48.0 Å². The van der Waals surface area contributed by atoms with Gasteiger partial charge in [0.15, 0.2) is 0 Å². The van der Waals surface area contributed by atoms with E-state index in [2.05, 4.69) is 27.3 Å². The number of aromatic nitrogens is 2. The second kappa shape index (κ2) is 8.87. The van der Waals surface area contributed by atoms with Crippen LogP contribution in [0.4, 0.5) is 0 Å². The molecule has 0 unspecified atom stereocenters. The summed E-state index contributed by atoms with van der Waals surface area (Å²) < 4.78 is 5.73. The SMILES string of the molecule is CC(CCCc1ccc(OCCCc2cnc[nH]2)cc1)=NO. The lowest BCUT2D eigenvalue weighted by atomic mass is 10.1. The molecule has 0 bridgehead atoms. The Balaban J connectivity index is 1.65. The highest BCUT2D eigenvalue weighted by molar-refractivity contribution is 5.81.